The van der Waals surface area contributed by atoms with E-state index in [1.165, 1.54) is 11.3 Å². The Morgan fingerprint density at radius 3 is 2.62 bits per heavy atom. The Balaban J connectivity index is 1.49. The third-order valence-electron chi connectivity index (χ3n) is 4.46. The highest BCUT2D eigenvalue weighted by Gasteiger charge is 2.27. The molecule has 1 saturated heterocycles. The fourth-order valence-corrected chi connectivity index (χ4v) is 6.06. The van der Waals surface area contributed by atoms with Gasteiger partial charge in [0.1, 0.15) is 4.21 Å². The quantitative estimate of drug-likeness (QED) is 0.777. The summed E-state index contributed by atoms with van der Waals surface area (Å²) in [5.74, 6) is 0.00191. The van der Waals surface area contributed by atoms with Crippen molar-refractivity contribution < 1.29 is 13.2 Å². The van der Waals surface area contributed by atoms with Crippen LogP contribution in [0.15, 0.2) is 31.9 Å². The zero-order valence-corrected chi connectivity index (χ0v) is 16.8. The van der Waals surface area contributed by atoms with Crippen LogP contribution in [-0.2, 0) is 21.4 Å². The van der Waals surface area contributed by atoms with Gasteiger partial charge in [-0.05, 0) is 31.2 Å². The second kappa shape index (κ2) is 8.03. The predicted molar refractivity (Wildman–Crippen MR) is 102 cm³/mol. The molecule has 0 spiro atoms. The molecule has 1 amide bonds. The van der Waals surface area contributed by atoms with E-state index in [2.05, 4.69) is 4.72 Å². The highest BCUT2D eigenvalue weighted by molar-refractivity contribution is 7.91. The molecule has 0 radical (unpaired) electrons. The van der Waals surface area contributed by atoms with E-state index in [-0.39, 0.29) is 23.2 Å². The lowest BCUT2D eigenvalue weighted by Gasteiger charge is -2.32. The second-order valence-corrected chi connectivity index (χ2v) is 9.96. The fraction of sp³-hybridized carbons (Fsp3) is 0.500. The monoisotopic (exact) mass is 415 g/mol. The zero-order valence-electron chi connectivity index (χ0n) is 14.4. The van der Waals surface area contributed by atoms with Gasteiger partial charge in [-0.1, -0.05) is 17.4 Å². The van der Waals surface area contributed by atoms with Crippen molar-refractivity contribution in [3.05, 3.63) is 38.3 Å². The minimum atomic E-state index is -3.48. The van der Waals surface area contributed by atoms with Crippen LogP contribution in [0, 0.1) is 6.92 Å². The molecular weight excluding hydrogens is 394 g/mol. The Kier molecular flexibility index (Phi) is 5.96. The number of nitrogens with zero attached hydrogens (tertiary/aromatic N) is 2. The van der Waals surface area contributed by atoms with E-state index in [9.17, 15) is 18.0 Å². The van der Waals surface area contributed by atoms with Crippen LogP contribution in [-0.4, -0.2) is 42.9 Å². The lowest BCUT2D eigenvalue weighted by molar-refractivity contribution is -0.132. The number of thiophene rings is 1. The molecule has 0 aliphatic carbocycles. The number of thiazole rings is 1. The normalized spacial score (nSPS) is 16.1. The Bertz CT molecular complexity index is 907. The van der Waals surface area contributed by atoms with E-state index in [1.807, 2.05) is 6.92 Å². The van der Waals surface area contributed by atoms with Gasteiger partial charge >= 0.3 is 4.87 Å². The molecule has 2 aromatic rings. The number of piperidine rings is 1. The van der Waals surface area contributed by atoms with Gasteiger partial charge in [-0.3, -0.25) is 9.59 Å². The van der Waals surface area contributed by atoms with Crippen molar-refractivity contribution in [2.75, 3.05) is 13.1 Å². The molecule has 26 heavy (non-hydrogen) atoms. The van der Waals surface area contributed by atoms with Gasteiger partial charge in [0, 0.05) is 43.2 Å². The number of rotatable bonds is 6. The number of hydrogen-bond donors (Lipinski definition) is 1. The van der Waals surface area contributed by atoms with Crippen molar-refractivity contribution in [1.82, 2.24) is 14.2 Å². The van der Waals surface area contributed by atoms with E-state index >= 15 is 0 Å². The maximum Gasteiger partial charge on any atom is 0.307 e. The average molecular weight is 416 g/mol. The summed E-state index contributed by atoms with van der Waals surface area (Å²) in [6, 6.07) is 3.13. The van der Waals surface area contributed by atoms with Crippen molar-refractivity contribution in [3.8, 4) is 0 Å². The molecule has 3 rings (SSSR count). The smallest absolute Gasteiger partial charge is 0.307 e. The van der Waals surface area contributed by atoms with Crippen molar-refractivity contribution >= 4 is 38.6 Å². The van der Waals surface area contributed by atoms with Crippen LogP contribution in [0.4, 0.5) is 0 Å². The summed E-state index contributed by atoms with van der Waals surface area (Å²) in [6.07, 6.45) is 1.46. The number of aryl methyl sites for hydroxylation is 1. The summed E-state index contributed by atoms with van der Waals surface area (Å²) in [5.41, 5.74) is 0.870. The standard InChI is InChI=1S/C16H21N3O4S3/c1-12-11-25-16(21)19(12)9-6-14(20)18-7-4-13(5-8-18)17-26(22,23)15-3-2-10-24-15/h2-3,10-11,13,17H,4-9H2,1H3. The summed E-state index contributed by atoms with van der Waals surface area (Å²) in [7, 11) is -3.48. The van der Waals surface area contributed by atoms with Gasteiger partial charge in [0.25, 0.3) is 0 Å². The zero-order chi connectivity index (χ0) is 18.7. The number of sulfonamides is 1. The molecule has 3 heterocycles. The van der Waals surface area contributed by atoms with E-state index in [0.717, 1.165) is 17.0 Å². The number of amides is 1. The molecule has 7 nitrogen and oxygen atoms in total. The van der Waals surface area contributed by atoms with Gasteiger partial charge in [-0.2, -0.15) is 0 Å². The van der Waals surface area contributed by atoms with Crippen LogP contribution in [0.2, 0.25) is 0 Å². The van der Waals surface area contributed by atoms with Crippen LogP contribution < -0.4 is 9.60 Å². The first-order valence-electron chi connectivity index (χ1n) is 8.35. The first-order valence-corrected chi connectivity index (χ1v) is 11.6. The molecular formula is C16H21N3O4S3. The molecule has 10 heteroatoms. The van der Waals surface area contributed by atoms with E-state index < -0.39 is 10.0 Å². The third kappa shape index (κ3) is 4.43. The molecule has 0 aromatic carbocycles. The number of nitrogens with one attached hydrogen (secondary N) is 1. The van der Waals surface area contributed by atoms with Gasteiger partial charge in [-0.15, -0.1) is 11.3 Å². The molecule has 1 aliphatic heterocycles. The van der Waals surface area contributed by atoms with Crippen molar-refractivity contribution in [3.63, 3.8) is 0 Å². The first kappa shape index (κ1) is 19.3. The number of likely N-dealkylation sites (tertiary alicyclic amines) is 1. The van der Waals surface area contributed by atoms with Gasteiger partial charge in [0.2, 0.25) is 15.9 Å². The van der Waals surface area contributed by atoms with Crippen LogP contribution in [0.3, 0.4) is 0 Å². The molecule has 1 fully saturated rings. The molecule has 2 aromatic heterocycles. The van der Waals surface area contributed by atoms with Crippen molar-refractivity contribution in [1.29, 1.82) is 0 Å². The number of aromatic nitrogens is 1. The van der Waals surface area contributed by atoms with Crippen LogP contribution >= 0.6 is 22.7 Å². The minimum absolute atomic E-state index is 0.00191. The van der Waals surface area contributed by atoms with Gasteiger partial charge in [-0.25, -0.2) is 13.1 Å². The Labute approximate surface area is 160 Å². The molecule has 0 saturated carbocycles. The molecule has 1 N–H and O–H groups in total. The van der Waals surface area contributed by atoms with Gasteiger partial charge in [0.15, 0.2) is 0 Å². The highest BCUT2D eigenvalue weighted by atomic mass is 32.2. The summed E-state index contributed by atoms with van der Waals surface area (Å²) < 4.78 is 29.2. The van der Waals surface area contributed by atoms with Gasteiger partial charge < -0.3 is 9.47 Å². The molecule has 142 valence electrons. The topological polar surface area (TPSA) is 88.5 Å². The maximum atomic E-state index is 12.4. The second-order valence-electron chi connectivity index (χ2n) is 6.25. The minimum Gasteiger partial charge on any atom is -0.343 e. The highest BCUT2D eigenvalue weighted by Crippen LogP contribution is 2.19. The molecule has 0 atom stereocenters. The molecule has 0 unspecified atom stereocenters. The number of carbonyl (C=O) groups excluding carboxylic acids is 1. The van der Waals surface area contributed by atoms with Crippen LogP contribution in [0.25, 0.3) is 0 Å². The van der Waals surface area contributed by atoms with Gasteiger partial charge in [0.05, 0.1) is 0 Å². The van der Waals surface area contributed by atoms with E-state index in [1.54, 1.807) is 32.4 Å². The summed E-state index contributed by atoms with van der Waals surface area (Å²) in [5, 5.41) is 3.52. The van der Waals surface area contributed by atoms with E-state index in [0.29, 0.717) is 36.7 Å². The lowest BCUT2D eigenvalue weighted by Crippen LogP contribution is -2.46. The lowest BCUT2D eigenvalue weighted by atomic mass is 10.1. The largest absolute Gasteiger partial charge is 0.343 e. The maximum absolute atomic E-state index is 12.4. The molecule has 0 bridgehead atoms. The fourth-order valence-electron chi connectivity index (χ4n) is 2.98. The number of hydrogen-bond acceptors (Lipinski definition) is 6. The summed E-state index contributed by atoms with van der Waals surface area (Å²) >= 11 is 2.33. The van der Waals surface area contributed by atoms with Crippen LogP contribution in [0.1, 0.15) is 25.0 Å². The Morgan fingerprint density at radius 2 is 2.04 bits per heavy atom. The summed E-state index contributed by atoms with van der Waals surface area (Å²) in [6.45, 7) is 3.29. The van der Waals surface area contributed by atoms with Crippen molar-refractivity contribution in [2.24, 2.45) is 0 Å². The summed E-state index contributed by atoms with van der Waals surface area (Å²) in [4.78, 5) is 25.8. The third-order valence-corrected chi connectivity index (χ3v) is 8.25. The SMILES string of the molecule is Cc1csc(=O)n1CCC(=O)N1CCC(NS(=O)(=O)c2cccs2)CC1. The van der Waals surface area contributed by atoms with Crippen LogP contribution in [0.5, 0.6) is 0 Å². The average Bonchev–Trinajstić information content (AvgIpc) is 3.25. The Hall–Kier alpha value is -1.49. The molecule has 1 aliphatic rings. The van der Waals surface area contributed by atoms with Crippen molar-refractivity contribution in [2.45, 2.75) is 43.0 Å². The predicted octanol–water partition coefficient (Wildman–Crippen LogP) is 1.64. The number of carbonyl (C=O) groups is 1. The first-order chi connectivity index (χ1) is 12.4. The Morgan fingerprint density at radius 1 is 1.31 bits per heavy atom. The van der Waals surface area contributed by atoms with E-state index in [4.69, 9.17) is 0 Å².